The second-order valence-corrected chi connectivity index (χ2v) is 7.67. The van der Waals surface area contributed by atoms with Crippen molar-refractivity contribution >= 4 is 5.97 Å². The number of methoxy groups -OCH3 is 1. The van der Waals surface area contributed by atoms with E-state index in [4.69, 9.17) is 4.74 Å². The first kappa shape index (κ1) is 24.1. The minimum absolute atomic E-state index is 0.159. The molecule has 0 saturated heterocycles. The van der Waals surface area contributed by atoms with Gasteiger partial charge >= 0.3 is 5.97 Å². The molecule has 0 radical (unpaired) electrons. The van der Waals surface area contributed by atoms with Crippen LogP contribution in [0.15, 0.2) is 12.2 Å². The van der Waals surface area contributed by atoms with Crippen LogP contribution in [0, 0.1) is 5.41 Å². The summed E-state index contributed by atoms with van der Waals surface area (Å²) in [5.41, 5.74) is -0.423. The van der Waals surface area contributed by atoms with Crippen molar-refractivity contribution in [2.45, 2.75) is 104 Å². The van der Waals surface area contributed by atoms with Crippen LogP contribution in [-0.4, -0.2) is 35.5 Å². The molecule has 2 atom stereocenters. The Morgan fingerprint density at radius 2 is 1.68 bits per heavy atom. The van der Waals surface area contributed by atoms with Crippen molar-refractivity contribution < 1.29 is 19.7 Å². The predicted molar refractivity (Wildman–Crippen MR) is 103 cm³/mol. The average molecular weight is 357 g/mol. The lowest BCUT2D eigenvalue weighted by Crippen LogP contribution is -2.25. The molecule has 0 aromatic heterocycles. The number of unbranched alkanes of at least 4 members (excludes halogenated alkanes) is 6. The maximum atomic E-state index is 11.6. The van der Waals surface area contributed by atoms with Crippen LogP contribution in [0.2, 0.25) is 0 Å². The minimum atomic E-state index is -0.666. The van der Waals surface area contributed by atoms with Crippen molar-refractivity contribution in [3.8, 4) is 0 Å². The lowest BCUT2D eigenvalue weighted by Gasteiger charge is -2.21. The molecule has 0 rings (SSSR count). The van der Waals surface area contributed by atoms with Crippen LogP contribution in [-0.2, 0) is 9.53 Å². The predicted octanol–water partition coefficient (Wildman–Crippen LogP) is 4.77. The number of allylic oxidation sites excluding steroid dienone is 1. The fraction of sp³-hybridized carbons (Fsp3) is 0.857. The van der Waals surface area contributed by atoms with Gasteiger partial charge in [0.25, 0.3) is 0 Å². The Bertz CT molecular complexity index is 363. The Balaban J connectivity index is 3.71. The molecule has 4 nitrogen and oxygen atoms in total. The summed E-state index contributed by atoms with van der Waals surface area (Å²) in [6, 6.07) is 0. The zero-order chi connectivity index (χ0) is 19.1. The number of aliphatic hydroxyl groups is 2. The third-order valence-corrected chi connectivity index (χ3v) is 4.75. The fourth-order valence-electron chi connectivity index (χ4n) is 2.87. The van der Waals surface area contributed by atoms with Crippen molar-refractivity contribution in [1.29, 1.82) is 0 Å². The van der Waals surface area contributed by atoms with E-state index >= 15 is 0 Å². The van der Waals surface area contributed by atoms with Crippen LogP contribution in [0.3, 0.4) is 0 Å². The monoisotopic (exact) mass is 356 g/mol. The van der Waals surface area contributed by atoms with E-state index < -0.39 is 17.6 Å². The number of carbonyl (C=O) groups is 1. The molecular formula is C21H40O4. The summed E-state index contributed by atoms with van der Waals surface area (Å²) < 4.78 is 4.81. The fourth-order valence-corrected chi connectivity index (χ4v) is 2.87. The molecular weight excluding hydrogens is 316 g/mol. The number of aliphatic hydroxyl groups excluding tert-OH is 2. The van der Waals surface area contributed by atoms with Gasteiger partial charge in [-0.3, -0.25) is 4.79 Å². The first-order valence-electron chi connectivity index (χ1n) is 9.94. The second-order valence-electron chi connectivity index (χ2n) is 7.67. The highest BCUT2D eigenvalue weighted by Crippen LogP contribution is 2.25. The van der Waals surface area contributed by atoms with Crippen LogP contribution < -0.4 is 0 Å². The maximum Gasteiger partial charge on any atom is 0.311 e. The quantitative estimate of drug-likeness (QED) is 0.252. The van der Waals surface area contributed by atoms with Crippen molar-refractivity contribution in [2.24, 2.45) is 5.41 Å². The van der Waals surface area contributed by atoms with Gasteiger partial charge in [-0.05, 0) is 46.0 Å². The second kappa shape index (κ2) is 14.3. The van der Waals surface area contributed by atoms with E-state index in [1.54, 1.807) is 0 Å². The molecule has 0 heterocycles. The minimum Gasteiger partial charge on any atom is -0.469 e. The summed E-state index contributed by atoms with van der Waals surface area (Å²) >= 11 is 0. The van der Waals surface area contributed by atoms with Gasteiger partial charge in [0.1, 0.15) is 0 Å². The molecule has 0 fully saturated rings. The SMILES string of the molecule is CCCCC/C=C\CC(O)C(O)CCCCCCC(C)(C)C(=O)OC. The zero-order valence-corrected chi connectivity index (χ0v) is 16.8. The molecule has 25 heavy (non-hydrogen) atoms. The van der Waals surface area contributed by atoms with Gasteiger partial charge in [-0.1, -0.05) is 57.6 Å². The highest BCUT2D eigenvalue weighted by Gasteiger charge is 2.27. The molecule has 0 bridgehead atoms. The maximum absolute atomic E-state index is 11.6. The van der Waals surface area contributed by atoms with Gasteiger partial charge in [-0.2, -0.15) is 0 Å². The Morgan fingerprint density at radius 3 is 2.32 bits per heavy atom. The summed E-state index contributed by atoms with van der Waals surface area (Å²) in [5.74, 6) is -0.159. The Morgan fingerprint density at radius 1 is 1.00 bits per heavy atom. The van der Waals surface area contributed by atoms with Gasteiger partial charge in [-0.15, -0.1) is 0 Å². The van der Waals surface area contributed by atoms with Crippen molar-refractivity contribution in [2.75, 3.05) is 7.11 Å². The first-order valence-corrected chi connectivity index (χ1v) is 9.94. The molecule has 0 aliphatic carbocycles. The van der Waals surface area contributed by atoms with E-state index in [-0.39, 0.29) is 5.97 Å². The van der Waals surface area contributed by atoms with Crippen molar-refractivity contribution in [1.82, 2.24) is 0 Å². The van der Waals surface area contributed by atoms with Gasteiger partial charge in [-0.25, -0.2) is 0 Å². The van der Waals surface area contributed by atoms with E-state index in [0.29, 0.717) is 12.8 Å². The van der Waals surface area contributed by atoms with Gasteiger partial charge in [0.15, 0.2) is 0 Å². The molecule has 0 aliphatic heterocycles. The van der Waals surface area contributed by atoms with Gasteiger partial charge in [0, 0.05) is 0 Å². The van der Waals surface area contributed by atoms with E-state index in [2.05, 4.69) is 13.0 Å². The van der Waals surface area contributed by atoms with Crippen molar-refractivity contribution in [3.63, 3.8) is 0 Å². The van der Waals surface area contributed by atoms with Gasteiger partial charge in [0.05, 0.1) is 24.7 Å². The van der Waals surface area contributed by atoms with E-state index in [1.807, 2.05) is 19.9 Å². The van der Waals surface area contributed by atoms with Gasteiger partial charge < -0.3 is 14.9 Å². The molecule has 148 valence electrons. The number of hydrogen-bond donors (Lipinski definition) is 2. The molecule has 2 unspecified atom stereocenters. The molecule has 0 aromatic carbocycles. The number of esters is 1. The molecule has 0 saturated carbocycles. The number of hydrogen-bond acceptors (Lipinski definition) is 4. The van der Waals surface area contributed by atoms with Crippen LogP contribution in [0.4, 0.5) is 0 Å². The Kier molecular flexibility index (Phi) is 13.8. The summed E-state index contributed by atoms with van der Waals surface area (Å²) in [6.45, 7) is 6.01. The highest BCUT2D eigenvalue weighted by molar-refractivity contribution is 5.75. The van der Waals surface area contributed by atoms with Gasteiger partial charge in [0.2, 0.25) is 0 Å². The molecule has 4 heteroatoms. The number of carbonyl (C=O) groups excluding carboxylic acids is 1. The molecule has 0 amide bonds. The lowest BCUT2D eigenvalue weighted by atomic mass is 9.87. The molecule has 2 N–H and O–H groups in total. The Labute approximate surface area is 154 Å². The Hall–Kier alpha value is -0.870. The zero-order valence-electron chi connectivity index (χ0n) is 16.8. The largest absolute Gasteiger partial charge is 0.469 e. The van der Waals surface area contributed by atoms with Crippen LogP contribution in [0.1, 0.15) is 91.4 Å². The lowest BCUT2D eigenvalue weighted by molar-refractivity contribution is -0.151. The average Bonchev–Trinajstić information content (AvgIpc) is 2.59. The number of ether oxygens (including phenoxy) is 1. The van der Waals surface area contributed by atoms with Crippen LogP contribution in [0.5, 0.6) is 0 Å². The van der Waals surface area contributed by atoms with E-state index in [1.165, 1.54) is 26.4 Å². The van der Waals surface area contributed by atoms with Crippen molar-refractivity contribution in [3.05, 3.63) is 12.2 Å². The third kappa shape index (κ3) is 12.2. The standard InChI is InChI=1S/C21H40O4/c1-5-6-7-8-9-12-15-18(22)19(23)16-13-10-11-14-17-21(2,3)20(24)25-4/h9,12,18-19,22-23H,5-8,10-11,13-17H2,1-4H3/b12-9-. The highest BCUT2D eigenvalue weighted by atomic mass is 16.5. The smallest absolute Gasteiger partial charge is 0.311 e. The summed E-state index contributed by atoms with van der Waals surface area (Å²) in [6.07, 6.45) is 13.4. The molecule has 0 spiro atoms. The van der Waals surface area contributed by atoms with Crippen LogP contribution >= 0.6 is 0 Å². The topological polar surface area (TPSA) is 66.8 Å². The first-order chi connectivity index (χ1) is 11.8. The normalized spacial score (nSPS) is 14.6. The molecule has 0 aliphatic rings. The summed E-state index contributed by atoms with van der Waals surface area (Å²) in [5, 5.41) is 20.0. The van der Waals surface area contributed by atoms with E-state index in [9.17, 15) is 15.0 Å². The van der Waals surface area contributed by atoms with E-state index in [0.717, 1.165) is 38.5 Å². The summed E-state index contributed by atoms with van der Waals surface area (Å²) in [7, 11) is 1.43. The number of rotatable bonds is 15. The third-order valence-electron chi connectivity index (χ3n) is 4.75. The van der Waals surface area contributed by atoms with Crippen LogP contribution in [0.25, 0.3) is 0 Å². The summed E-state index contributed by atoms with van der Waals surface area (Å²) in [4.78, 5) is 11.6. The molecule has 0 aromatic rings.